The van der Waals surface area contributed by atoms with Crippen molar-refractivity contribution < 1.29 is 0 Å². The van der Waals surface area contributed by atoms with Gasteiger partial charge in [0, 0.05) is 13.1 Å². The minimum Gasteiger partial charge on any atom is -0.370 e. The molecule has 1 heterocycles. The lowest BCUT2D eigenvalue weighted by atomic mass is 9.83. The summed E-state index contributed by atoms with van der Waals surface area (Å²) in [6, 6.07) is 10.2. The third kappa shape index (κ3) is 3.49. The molecule has 0 radical (unpaired) electrons. The van der Waals surface area contributed by atoms with Crippen molar-refractivity contribution in [1.29, 1.82) is 0 Å². The van der Waals surface area contributed by atoms with Crippen LogP contribution in [0.25, 0.3) is 0 Å². The van der Waals surface area contributed by atoms with Gasteiger partial charge in [0.15, 0.2) is 5.96 Å². The summed E-state index contributed by atoms with van der Waals surface area (Å²) < 4.78 is 0. The fourth-order valence-corrected chi connectivity index (χ4v) is 2.20. The Hall–Kier alpha value is -1.51. The molecule has 1 aliphatic rings. The fourth-order valence-electron chi connectivity index (χ4n) is 2.20. The van der Waals surface area contributed by atoms with Crippen molar-refractivity contribution in [3.8, 4) is 0 Å². The molecule has 1 aromatic rings. The second-order valence-corrected chi connectivity index (χ2v) is 5.81. The number of rotatable bonds is 2. The predicted molar refractivity (Wildman–Crippen MR) is 76.4 cm³/mol. The van der Waals surface area contributed by atoms with Gasteiger partial charge in [-0.2, -0.15) is 0 Å². The Kier molecular flexibility index (Phi) is 3.90. The van der Waals surface area contributed by atoms with Crippen LogP contribution in [0.1, 0.15) is 32.3 Å². The standard InChI is InChI=1S/C15H23N3/c1-15(2)8-10-18(11-9-15)14(16)17-12-13-6-4-3-5-7-13/h3-7H,8-12H2,1-2H3,(H2,16,17). The van der Waals surface area contributed by atoms with Crippen LogP contribution in [0.15, 0.2) is 35.3 Å². The van der Waals surface area contributed by atoms with Crippen molar-refractivity contribution in [2.75, 3.05) is 13.1 Å². The first-order valence-electron chi connectivity index (χ1n) is 6.66. The summed E-state index contributed by atoms with van der Waals surface area (Å²) in [6.07, 6.45) is 2.38. The maximum atomic E-state index is 6.06. The van der Waals surface area contributed by atoms with Crippen LogP contribution in [0.4, 0.5) is 0 Å². The number of hydrogen-bond acceptors (Lipinski definition) is 1. The Bertz CT molecular complexity index is 399. The zero-order chi connectivity index (χ0) is 13.0. The molecule has 1 saturated heterocycles. The van der Waals surface area contributed by atoms with Crippen LogP contribution >= 0.6 is 0 Å². The zero-order valence-electron chi connectivity index (χ0n) is 11.4. The van der Waals surface area contributed by atoms with E-state index < -0.39 is 0 Å². The third-order valence-corrected chi connectivity index (χ3v) is 3.71. The molecule has 0 unspecified atom stereocenters. The first-order chi connectivity index (χ1) is 8.57. The van der Waals surface area contributed by atoms with Crippen molar-refractivity contribution in [3.63, 3.8) is 0 Å². The molecule has 0 aliphatic carbocycles. The number of aliphatic imine (C=N–C) groups is 1. The van der Waals surface area contributed by atoms with Crippen molar-refractivity contribution in [2.24, 2.45) is 16.1 Å². The maximum absolute atomic E-state index is 6.06. The van der Waals surface area contributed by atoms with Crippen molar-refractivity contribution >= 4 is 5.96 Å². The highest BCUT2D eigenvalue weighted by Gasteiger charge is 2.25. The Labute approximate surface area is 110 Å². The Balaban J connectivity index is 1.90. The number of guanidine groups is 1. The van der Waals surface area contributed by atoms with Crippen molar-refractivity contribution in [3.05, 3.63) is 35.9 Å². The Morgan fingerprint density at radius 1 is 1.22 bits per heavy atom. The van der Waals surface area contributed by atoms with Crippen molar-refractivity contribution in [2.45, 2.75) is 33.2 Å². The van der Waals surface area contributed by atoms with Gasteiger partial charge in [-0.15, -0.1) is 0 Å². The number of piperidine rings is 1. The summed E-state index contributed by atoms with van der Waals surface area (Å²) in [7, 11) is 0. The van der Waals surface area contributed by atoms with Gasteiger partial charge < -0.3 is 10.6 Å². The number of benzene rings is 1. The smallest absolute Gasteiger partial charge is 0.191 e. The van der Waals surface area contributed by atoms with Crippen LogP contribution in [0.2, 0.25) is 0 Å². The topological polar surface area (TPSA) is 41.6 Å². The van der Waals surface area contributed by atoms with Crippen LogP contribution in [-0.4, -0.2) is 23.9 Å². The summed E-state index contributed by atoms with van der Waals surface area (Å²) >= 11 is 0. The lowest BCUT2D eigenvalue weighted by Crippen LogP contribution is -2.44. The van der Waals surface area contributed by atoms with E-state index in [-0.39, 0.29) is 0 Å². The predicted octanol–water partition coefficient (Wildman–Crippen LogP) is 2.62. The van der Waals surface area contributed by atoms with Gasteiger partial charge in [-0.05, 0) is 23.8 Å². The van der Waals surface area contributed by atoms with Crippen molar-refractivity contribution in [1.82, 2.24) is 4.90 Å². The summed E-state index contributed by atoms with van der Waals surface area (Å²) in [4.78, 5) is 6.69. The zero-order valence-corrected chi connectivity index (χ0v) is 11.4. The number of nitrogens with two attached hydrogens (primary N) is 1. The highest BCUT2D eigenvalue weighted by molar-refractivity contribution is 5.78. The van der Waals surface area contributed by atoms with Gasteiger partial charge in [-0.1, -0.05) is 44.2 Å². The molecule has 0 aromatic heterocycles. The molecule has 0 saturated carbocycles. The molecular weight excluding hydrogens is 222 g/mol. The number of nitrogens with zero attached hydrogens (tertiary/aromatic N) is 2. The van der Waals surface area contributed by atoms with Gasteiger partial charge in [0.1, 0.15) is 0 Å². The minimum absolute atomic E-state index is 0.455. The van der Waals surface area contributed by atoms with Gasteiger partial charge in [-0.25, -0.2) is 4.99 Å². The second-order valence-electron chi connectivity index (χ2n) is 5.81. The summed E-state index contributed by atoms with van der Waals surface area (Å²) in [5.74, 6) is 0.689. The summed E-state index contributed by atoms with van der Waals surface area (Å²) in [5, 5.41) is 0. The lowest BCUT2D eigenvalue weighted by Gasteiger charge is -2.37. The maximum Gasteiger partial charge on any atom is 0.191 e. The molecule has 0 spiro atoms. The molecule has 2 rings (SSSR count). The second kappa shape index (κ2) is 5.42. The first-order valence-corrected chi connectivity index (χ1v) is 6.66. The molecule has 0 amide bonds. The van der Waals surface area contributed by atoms with E-state index in [1.165, 1.54) is 18.4 Å². The molecular formula is C15H23N3. The van der Waals surface area contributed by atoms with E-state index in [1.807, 2.05) is 18.2 Å². The van der Waals surface area contributed by atoms with E-state index in [4.69, 9.17) is 5.73 Å². The van der Waals surface area contributed by atoms with E-state index in [0.717, 1.165) is 13.1 Å². The van der Waals surface area contributed by atoms with Gasteiger partial charge in [-0.3, -0.25) is 0 Å². The molecule has 18 heavy (non-hydrogen) atoms. The highest BCUT2D eigenvalue weighted by Crippen LogP contribution is 2.29. The normalized spacial score (nSPS) is 19.9. The highest BCUT2D eigenvalue weighted by atomic mass is 15.3. The van der Waals surface area contributed by atoms with E-state index in [1.54, 1.807) is 0 Å². The number of likely N-dealkylation sites (tertiary alicyclic amines) is 1. The molecule has 1 fully saturated rings. The monoisotopic (exact) mass is 245 g/mol. The SMILES string of the molecule is CC1(C)CCN(C(N)=NCc2ccccc2)CC1. The average molecular weight is 245 g/mol. The van der Waals surface area contributed by atoms with E-state index in [0.29, 0.717) is 17.9 Å². The third-order valence-electron chi connectivity index (χ3n) is 3.71. The largest absolute Gasteiger partial charge is 0.370 e. The van der Waals surface area contributed by atoms with Gasteiger partial charge >= 0.3 is 0 Å². The first kappa shape index (κ1) is 12.9. The van der Waals surface area contributed by atoms with Gasteiger partial charge in [0.25, 0.3) is 0 Å². The number of hydrogen-bond donors (Lipinski definition) is 1. The average Bonchev–Trinajstić information content (AvgIpc) is 2.37. The molecule has 3 heteroatoms. The molecule has 3 nitrogen and oxygen atoms in total. The molecule has 2 N–H and O–H groups in total. The van der Waals surface area contributed by atoms with Crippen LogP contribution in [0.3, 0.4) is 0 Å². The fraction of sp³-hybridized carbons (Fsp3) is 0.533. The molecule has 0 bridgehead atoms. The van der Waals surface area contributed by atoms with E-state index in [9.17, 15) is 0 Å². The molecule has 1 aliphatic heterocycles. The molecule has 98 valence electrons. The van der Waals surface area contributed by atoms with Crippen LogP contribution in [0, 0.1) is 5.41 Å². The molecule has 0 atom stereocenters. The van der Waals surface area contributed by atoms with Crippen LogP contribution in [0.5, 0.6) is 0 Å². The Morgan fingerprint density at radius 3 is 2.44 bits per heavy atom. The Morgan fingerprint density at radius 2 is 1.83 bits per heavy atom. The van der Waals surface area contributed by atoms with E-state index >= 15 is 0 Å². The molecule has 1 aromatic carbocycles. The summed E-state index contributed by atoms with van der Waals surface area (Å²) in [6.45, 7) is 7.37. The van der Waals surface area contributed by atoms with E-state index in [2.05, 4.69) is 35.9 Å². The summed E-state index contributed by atoms with van der Waals surface area (Å²) in [5.41, 5.74) is 7.72. The minimum atomic E-state index is 0.455. The quantitative estimate of drug-likeness (QED) is 0.643. The van der Waals surface area contributed by atoms with Crippen LogP contribution < -0.4 is 5.73 Å². The van der Waals surface area contributed by atoms with Crippen LogP contribution in [-0.2, 0) is 6.54 Å². The lowest BCUT2D eigenvalue weighted by molar-refractivity contribution is 0.187. The van der Waals surface area contributed by atoms with Gasteiger partial charge in [0.05, 0.1) is 6.54 Å². The van der Waals surface area contributed by atoms with Gasteiger partial charge in [0.2, 0.25) is 0 Å².